The molecule has 4 aromatic rings. The van der Waals surface area contributed by atoms with Crippen LogP contribution in [0.25, 0.3) is 28.1 Å². The first-order chi connectivity index (χ1) is 14.2. The maximum atomic E-state index is 13.3. The van der Waals surface area contributed by atoms with Gasteiger partial charge < -0.3 is 4.74 Å². The molecule has 0 bridgehead atoms. The molecule has 0 aliphatic heterocycles. The largest absolute Gasteiger partial charge is 0.497 e. The van der Waals surface area contributed by atoms with E-state index in [0.717, 1.165) is 39.0 Å². The Kier molecular flexibility index (Phi) is 5.21. The molecule has 29 heavy (non-hydrogen) atoms. The van der Waals surface area contributed by atoms with E-state index in [1.165, 1.54) is 0 Å². The van der Waals surface area contributed by atoms with E-state index in [4.69, 9.17) is 9.72 Å². The molecule has 0 fully saturated rings. The maximum absolute atomic E-state index is 13.3. The number of nitrogens with zero attached hydrogens (tertiary/aromatic N) is 1. The fourth-order valence-electron chi connectivity index (χ4n) is 3.54. The predicted octanol–water partition coefficient (Wildman–Crippen LogP) is 6.11. The van der Waals surface area contributed by atoms with Crippen LogP contribution in [0.15, 0.2) is 84.9 Å². The summed E-state index contributed by atoms with van der Waals surface area (Å²) < 4.78 is 5.26. The molecule has 4 rings (SSSR count). The van der Waals surface area contributed by atoms with Crippen LogP contribution in [0.4, 0.5) is 0 Å². The summed E-state index contributed by atoms with van der Waals surface area (Å²) in [6.07, 6.45) is 3.42. The number of hydrogen-bond acceptors (Lipinski definition) is 3. The van der Waals surface area contributed by atoms with Crippen LogP contribution in [-0.4, -0.2) is 17.9 Å². The van der Waals surface area contributed by atoms with E-state index in [0.29, 0.717) is 5.56 Å². The van der Waals surface area contributed by atoms with Crippen molar-refractivity contribution in [2.75, 3.05) is 7.11 Å². The van der Waals surface area contributed by atoms with Crippen LogP contribution in [0, 0.1) is 6.92 Å². The van der Waals surface area contributed by atoms with E-state index >= 15 is 0 Å². The monoisotopic (exact) mass is 379 g/mol. The van der Waals surface area contributed by atoms with Gasteiger partial charge in [-0.25, -0.2) is 0 Å². The van der Waals surface area contributed by atoms with Gasteiger partial charge in [0.25, 0.3) is 0 Å². The zero-order valence-electron chi connectivity index (χ0n) is 16.4. The van der Waals surface area contributed by atoms with Gasteiger partial charge in [-0.15, -0.1) is 0 Å². The number of ketones is 1. The number of ether oxygens (including phenoxy) is 1. The first-order valence-electron chi connectivity index (χ1n) is 9.48. The fraction of sp³-hybridized carbons (Fsp3) is 0.0769. The first-order valence-corrected chi connectivity index (χ1v) is 9.48. The summed E-state index contributed by atoms with van der Waals surface area (Å²) in [5, 5.41) is 0.974. The molecule has 3 nitrogen and oxygen atoms in total. The number of aromatic nitrogens is 1. The first kappa shape index (κ1) is 18.6. The van der Waals surface area contributed by atoms with Crippen LogP contribution in [0.1, 0.15) is 21.6 Å². The van der Waals surface area contributed by atoms with Crippen LogP contribution in [-0.2, 0) is 0 Å². The van der Waals surface area contributed by atoms with Crippen LogP contribution in [0.2, 0.25) is 0 Å². The quantitative estimate of drug-likeness (QED) is 0.310. The maximum Gasteiger partial charge on any atom is 0.188 e. The third-order valence-electron chi connectivity index (χ3n) is 4.90. The number of hydrogen-bond donors (Lipinski definition) is 0. The summed E-state index contributed by atoms with van der Waals surface area (Å²) in [7, 11) is 1.63. The molecule has 0 unspecified atom stereocenters. The van der Waals surface area contributed by atoms with Crippen molar-refractivity contribution < 1.29 is 9.53 Å². The number of carbonyl (C=O) groups is 1. The van der Waals surface area contributed by atoms with Crippen LogP contribution in [0.5, 0.6) is 5.75 Å². The zero-order valence-corrected chi connectivity index (χ0v) is 16.4. The highest BCUT2D eigenvalue weighted by Gasteiger charge is 2.18. The number of para-hydroxylation sites is 1. The Bertz CT molecular complexity index is 1210. The van der Waals surface area contributed by atoms with Crippen LogP contribution >= 0.6 is 0 Å². The molecule has 0 amide bonds. The highest BCUT2D eigenvalue weighted by Crippen LogP contribution is 2.33. The Morgan fingerprint density at radius 1 is 0.931 bits per heavy atom. The van der Waals surface area contributed by atoms with Gasteiger partial charge in [0, 0.05) is 16.6 Å². The van der Waals surface area contributed by atoms with Crippen molar-refractivity contribution in [2.24, 2.45) is 0 Å². The van der Waals surface area contributed by atoms with Gasteiger partial charge in [0.2, 0.25) is 0 Å². The van der Waals surface area contributed by atoms with Crippen molar-refractivity contribution in [1.29, 1.82) is 0 Å². The third-order valence-corrected chi connectivity index (χ3v) is 4.90. The molecule has 1 heterocycles. The fourth-order valence-corrected chi connectivity index (χ4v) is 3.54. The highest BCUT2D eigenvalue weighted by molar-refractivity contribution is 6.16. The summed E-state index contributed by atoms with van der Waals surface area (Å²) in [5.74, 6) is 0.690. The molecular weight excluding hydrogens is 358 g/mol. The molecule has 0 aliphatic rings. The number of aryl methyl sites for hydroxylation is 1. The summed E-state index contributed by atoms with van der Waals surface area (Å²) in [6, 6.07) is 25.6. The van der Waals surface area contributed by atoms with E-state index in [2.05, 4.69) is 0 Å². The number of benzene rings is 3. The van der Waals surface area contributed by atoms with Gasteiger partial charge in [-0.05, 0) is 42.3 Å². The second kappa shape index (κ2) is 8.11. The van der Waals surface area contributed by atoms with E-state index in [9.17, 15) is 4.79 Å². The molecule has 0 spiro atoms. The summed E-state index contributed by atoms with van der Waals surface area (Å²) in [6.45, 7) is 1.89. The number of rotatable bonds is 5. The van der Waals surface area contributed by atoms with Gasteiger partial charge in [-0.3, -0.25) is 9.78 Å². The van der Waals surface area contributed by atoms with Gasteiger partial charge in [-0.2, -0.15) is 0 Å². The van der Waals surface area contributed by atoms with E-state index in [1.807, 2.05) is 91.9 Å². The molecule has 0 saturated carbocycles. The highest BCUT2D eigenvalue weighted by atomic mass is 16.5. The predicted molar refractivity (Wildman–Crippen MR) is 118 cm³/mol. The number of carbonyl (C=O) groups excluding carboxylic acids is 1. The normalized spacial score (nSPS) is 11.1. The third kappa shape index (κ3) is 3.81. The number of fused-ring (bicyclic) bond motifs is 1. The van der Waals surface area contributed by atoms with E-state index in [-0.39, 0.29) is 5.78 Å². The van der Waals surface area contributed by atoms with E-state index < -0.39 is 0 Å². The number of methoxy groups -OCH3 is 1. The molecule has 3 aromatic carbocycles. The minimum atomic E-state index is -0.0672. The molecule has 0 saturated heterocycles. The summed E-state index contributed by atoms with van der Waals surface area (Å²) in [5.41, 5.74) is 5.08. The second-order valence-electron chi connectivity index (χ2n) is 6.80. The topological polar surface area (TPSA) is 39.2 Å². The summed E-state index contributed by atoms with van der Waals surface area (Å²) >= 11 is 0. The van der Waals surface area contributed by atoms with Crippen molar-refractivity contribution in [3.8, 4) is 16.9 Å². The van der Waals surface area contributed by atoms with Gasteiger partial charge >= 0.3 is 0 Å². The van der Waals surface area contributed by atoms with Gasteiger partial charge in [0.15, 0.2) is 5.78 Å². The second-order valence-corrected chi connectivity index (χ2v) is 6.80. The minimum absolute atomic E-state index is 0.0672. The smallest absolute Gasteiger partial charge is 0.188 e. The Hall–Kier alpha value is -3.72. The molecule has 1 aromatic heterocycles. The van der Waals surface area contributed by atoms with Crippen molar-refractivity contribution in [1.82, 2.24) is 4.98 Å². The lowest BCUT2D eigenvalue weighted by Crippen LogP contribution is -2.05. The van der Waals surface area contributed by atoms with Crippen molar-refractivity contribution in [3.05, 3.63) is 102 Å². The Balaban J connectivity index is 1.85. The molecular formula is C26H21NO2. The lowest BCUT2D eigenvalue weighted by Gasteiger charge is -2.14. The SMILES string of the molecule is COc1cccc(/C=C/C(=O)c2c(C)nc3ccccc3c2-c2ccccc2)c1. The molecule has 142 valence electrons. The molecule has 3 heteroatoms. The lowest BCUT2D eigenvalue weighted by atomic mass is 9.92. The average Bonchev–Trinajstić information content (AvgIpc) is 2.77. The standard InChI is InChI=1S/C26H21NO2/c1-18-25(24(28)16-15-19-9-8-12-21(17-19)29-2)26(20-10-4-3-5-11-20)22-13-6-7-14-23(22)27-18/h3-17H,1-2H3/b16-15+. The summed E-state index contributed by atoms with van der Waals surface area (Å²) in [4.78, 5) is 18.0. The molecule has 0 aliphatic carbocycles. The van der Waals surface area contributed by atoms with E-state index in [1.54, 1.807) is 13.2 Å². The Labute approximate surface area is 170 Å². The Morgan fingerprint density at radius 3 is 2.48 bits per heavy atom. The molecule has 0 N–H and O–H groups in total. The Morgan fingerprint density at radius 2 is 1.69 bits per heavy atom. The van der Waals surface area contributed by atoms with Crippen LogP contribution < -0.4 is 4.74 Å². The number of allylic oxidation sites excluding steroid dienone is 1. The number of pyridine rings is 1. The van der Waals surface area contributed by atoms with Gasteiger partial charge in [-0.1, -0.05) is 66.7 Å². The van der Waals surface area contributed by atoms with Crippen molar-refractivity contribution >= 4 is 22.8 Å². The van der Waals surface area contributed by atoms with Crippen LogP contribution in [0.3, 0.4) is 0 Å². The molecule has 0 radical (unpaired) electrons. The van der Waals surface area contributed by atoms with Gasteiger partial charge in [0.05, 0.1) is 18.2 Å². The van der Waals surface area contributed by atoms with Crippen molar-refractivity contribution in [2.45, 2.75) is 6.92 Å². The minimum Gasteiger partial charge on any atom is -0.497 e. The van der Waals surface area contributed by atoms with Crippen molar-refractivity contribution in [3.63, 3.8) is 0 Å². The molecule has 0 atom stereocenters. The average molecular weight is 379 g/mol. The zero-order chi connectivity index (χ0) is 20.2. The lowest BCUT2D eigenvalue weighted by molar-refractivity contribution is 0.104. The van der Waals surface area contributed by atoms with Gasteiger partial charge in [0.1, 0.15) is 5.75 Å².